The molecule has 18 heavy (non-hydrogen) atoms. The molecule has 0 aliphatic carbocycles. The summed E-state index contributed by atoms with van der Waals surface area (Å²) in [6, 6.07) is 3.94. The molecular weight excluding hydrogens is 226 g/mol. The molecule has 0 spiro atoms. The number of nitrogens with zero attached hydrogens (tertiary/aromatic N) is 5. The molecule has 0 atom stereocenters. The molecule has 1 fully saturated rings. The van der Waals surface area contributed by atoms with Crippen LogP contribution in [0.2, 0.25) is 0 Å². The summed E-state index contributed by atoms with van der Waals surface area (Å²) in [6.07, 6.45) is 3.73. The summed E-state index contributed by atoms with van der Waals surface area (Å²) in [6.45, 7) is 6.71. The molecule has 0 saturated carbocycles. The highest BCUT2D eigenvalue weighted by Gasteiger charge is 2.13. The Morgan fingerprint density at radius 3 is 2.78 bits per heavy atom. The van der Waals surface area contributed by atoms with Gasteiger partial charge >= 0.3 is 0 Å². The van der Waals surface area contributed by atoms with Crippen LogP contribution in [0.5, 0.6) is 0 Å². The van der Waals surface area contributed by atoms with Crippen molar-refractivity contribution in [1.29, 1.82) is 0 Å². The van der Waals surface area contributed by atoms with Gasteiger partial charge in [0.25, 0.3) is 0 Å². The van der Waals surface area contributed by atoms with Gasteiger partial charge in [-0.05, 0) is 19.2 Å². The van der Waals surface area contributed by atoms with E-state index >= 15 is 0 Å². The fourth-order valence-electron chi connectivity index (χ4n) is 2.38. The Morgan fingerprint density at radius 2 is 1.94 bits per heavy atom. The highest BCUT2D eigenvalue weighted by Crippen LogP contribution is 2.09. The van der Waals surface area contributed by atoms with Crippen LogP contribution in [-0.2, 0) is 6.54 Å². The second kappa shape index (κ2) is 5.04. The molecule has 1 saturated heterocycles. The van der Waals surface area contributed by atoms with Crippen LogP contribution >= 0.6 is 0 Å². The van der Waals surface area contributed by atoms with Gasteiger partial charge in [-0.15, -0.1) is 0 Å². The Balaban J connectivity index is 1.63. The van der Waals surface area contributed by atoms with Crippen molar-refractivity contribution in [2.24, 2.45) is 0 Å². The van der Waals surface area contributed by atoms with Crippen LogP contribution in [0, 0.1) is 0 Å². The first-order valence-electron chi connectivity index (χ1n) is 6.50. The first-order chi connectivity index (χ1) is 8.83. The summed E-state index contributed by atoms with van der Waals surface area (Å²) in [4.78, 5) is 13.6. The predicted molar refractivity (Wildman–Crippen MR) is 71.5 cm³/mol. The topological polar surface area (TPSA) is 37.2 Å². The normalized spacial score (nSPS) is 18.5. The molecule has 1 aliphatic rings. The van der Waals surface area contributed by atoms with E-state index in [0.717, 1.165) is 37.3 Å². The molecule has 0 unspecified atom stereocenters. The number of rotatable bonds is 3. The van der Waals surface area contributed by atoms with Gasteiger partial charge < -0.3 is 9.47 Å². The maximum atomic E-state index is 4.39. The quantitative estimate of drug-likeness (QED) is 0.797. The molecule has 0 N–H and O–H groups in total. The Kier molecular flexibility index (Phi) is 3.25. The van der Waals surface area contributed by atoms with Crippen LogP contribution in [0.1, 0.15) is 0 Å². The van der Waals surface area contributed by atoms with Gasteiger partial charge in [-0.1, -0.05) is 0 Å². The number of hydrogen-bond donors (Lipinski definition) is 0. The lowest BCUT2D eigenvalue weighted by Crippen LogP contribution is -2.45. The number of likely N-dealkylation sites (N-methyl/N-ethyl adjacent to an activating group) is 1. The lowest BCUT2D eigenvalue weighted by Gasteiger charge is -2.32. The minimum Gasteiger partial charge on any atom is -0.314 e. The lowest BCUT2D eigenvalue weighted by molar-refractivity contribution is 0.150. The van der Waals surface area contributed by atoms with Crippen LogP contribution in [0.15, 0.2) is 24.7 Å². The van der Waals surface area contributed by atoms with Crippen molar-refractivity contribution in [2.75, 3.05) is 39.8 Å². The van der Waals surface area contributed by atoms with E-state index in [1.165, 1.54) is 13.1 Å². The number of pyridine rings is 1. The first-order valence-corrected chi connectivity index (χ1v) is 6.50. The van der Waals surface area contributed by atoms with Crippen molar-refractivity contribution >= 4 is 11.2 Å². The molecule has 2 aromatic heterocycles. The molecule has 1 aliphatic heterocycles. The first kappa shape index (κ1) is 11.6. The smallest absolute Gasteiger partial charge is 0.159 e. The molecule has 3 rings (SSSR count). The summed E-state index contributed by atoms with van der Waals surface area (Å²) < 4.78 is 2.15. The van der Waals surface area contributed by atoms with Crippen molar-refractivity contribution in [3.05, 3.63) is 24.7 Å². The van der Waals surface area contributed by atoms with Crippen molar-refractivity contribution in [3.8, 4) is 0 Å². The molecule has 0 bridgehead atoms. The maximum Gasteiger partial charge on any atom is 0.159 e. The zero-order valence-electron chi connectivity index (χ0n) is 10.8. The van der Waals surface area contributed by atoms with E-state index in [2.05, 4.69) is 31.4 Å². The average molecular weight is 245 g/mol. The van der Waals surface area contributed by atoms with Crippen molar-refractivity contribution in [3.63, 3.8) is 0 Å². The summed E-state index contributed by atoms with van der Waals surface area (Å²) in [5, 5.41) is 0. The lowest BCUT2D eigenvalue weighted by atomic mass is 10.3. The zero-order chi connectivity index (χ0) is 12.4. The minimum atomic E-state index is 0.969. The van der Waals surface area contributed by atoms with E-state index in [1.807, 2.05) is 24.7 Å². The van der Waals surface area contributed by atoms with E-state index in [-0.39, 0.29) is 0 Å². The largest absolute Gasteiger partial charge is 0.314 e. The minimum absolute atomic E-state index is 0.969. The molecule has 0 aromatic carbocycles. The molecule has 3 heterocycles. The van der Waals surface area contributed by atoms with E-state index in [9.17, 15) is 0 Å². The van der Waals surface area contributed by atoms with Crippen molar-refractivity contribution in [2.45, 2.75) is 6.54 Å². The predicted octanol–water partition coefficient (Wildman–Crippen LogP) is 0.679. The van der Waals surface area contributed by atoms with Crippen LogP contribution in [0.3, 0.4) is 0 Å². The molecule has 5 heteroatoms. The highest BCUT2D eigenvalue weighted by atomic mass is 15.3. The Hall–Kier alpha value is -1.46. The van der Waals surface area contributed by atoms with Gasteiger partial charge in [-0.25, -0.2) is 9.97 Å². The van der Waals surface area contributed by atoms with E-state index < -0.39 is 0 Å². The Morgan fingerprint density at radius 1 is 1.11 bits per heavy atom. The van der Waals surface area contributed by atoms with Crippen LogP contribution < -0.4 is 0 Å². The third-order valence-corrected chi connectivity index (χ3v) is 3.63. The molecular formula is C13H19N5. The number of hydrogen-bond acceptors (Lipinski definition) is 4. The third-order valence-electron chi connectivity index (χ3n) is 3.63. The number of aromatic nitrogens is 3. The van der Waals surface area contributed by atoms with Gasteiger partial charge in [0.2, 0.25) is 0 Å². The Labute approximate surface area is 107 Å². The van der Waals surface area contributed by atoms with Gasteiger partial charge in [0.1, 0.15) is 5.52 Å². The van der Waals surface area contributed by atoms with E-state index in [4.69, 9.17) is 0 Å². The number of piperazine rings is 1. The van der Waals surface area contributed by atoms with Crippen molar-refractivity contribution in [1.82, 2.24) is 24.3 Å². The summed E-state index contributed by atoms with van der Waals surface area (Å²) in [5.41, 5.74) is 1.97. The summed E-state index contributed by atoms with van der Waals surface area (Å²) >= 11 is 0. The van der Waals surface area contributed by atoms with Crippen molar-refractivity contribution < 1.29 is 0 Å². The number of fused-ring (bicyclic) bond motifs is 1. The van der Waals surface area contributed by atoms with Crippen LogP contribution in [0.25, 0.3) is 11.2 Å². The second-order valence-corrected chi connectivity index (χ2v) is 4.93. The van der Waals surface area contributed by atoms with Gasteiger partial charge in [0.05, 0.1) is 6.33 Å². The maximum absolute atomic E-state index is 4.39. The molecule has 96 valence electrons. The fraction of sp³-hybridized carbons (Fsp3) is 0.538. The van der Waals surface area contributed by atoms with Gasteiger partial charge in [-0.3, -0.25) is 4.90 Å². The molecule has 0 radical (unpaired) electrons. The summed E-state index contributed by atoms with van der Waals surface area (Å²) in [5.74, 6) is 0. The fourth-order valence-corrected chi connectivity index (χ4v) is 2.38. The van der Waals surface area contributed by atoms with Gasteiger partial charge in [0.15, 0.2) is 5.65 Å². The highest BCUT2D eigenvalue weighted by molar-refractivity contribution is 5.69. The van der Waals surface area contributed by atoms with Crippen LogP contribution in [0.4, 0.5) is 0 Å². The third kappa shape index (κ3) is 2.37. The summed E-state index contributed by atoms with van der Waals surface area (Å²) in [7, 11) is 2.19. The molecule has 2 aromatic rings. The monoisotopic (exact) mass is 245 g/mol. The van der Waals surface area contributed by atoms with Gasteiger partial charge in [-0.2, -0.15) is 0 Å². The van der Waals surface area contributed by atoms with Crippen LogP contribution in [-0.4, -0.2) is 64.1 Å². The zero-order valence-corrected chi connectivity index (χ0v) is 10.8. The molecule has 5 nitrogen and oxygen atoms in total. The van der Waals surface area contributed by atoms with E-state index in [0.29, 0.717) is 0 Å². The number of imidazole rings is 1. The second-order valence-electron chi connectivity index (χ2n) is 4.93. The standard InChI is InChI=1S/C13H19N5/c1-16-5-7-17(8-6-16)9-10-18-11-15-12-3-2-4-14-13(12)18/h2-4,11H,5-10H2,1H3. The molecule has 0 amide bonds. The Bertz CT molecular complexity index is 513. The average Bonchev–Trinajstić information content (AvgIpc) is 2.82. The SMILES string of the molecule is CN1CCN(CCn2cnc3cccnc32)CC1. The van der Waals surface area contributed by atoms with Gasteiger partial charge in [0, 0.05) is 45.5 Å². The van der Waals surface area contributed by atoms with E-state index in [1.54, 1.807) is 0 Å².